The molecule has 21 heavy (non-hydrogen) atoms. The Morgan fingerprint density at radius 2 is 2.14 bits per heavy atom. The summed E-state index contributed by atoms with van der Waals surface area (Å²) in [7, 11) is 0. The molecular formula is C15H19Cl2NO3. The number of nitrogens with one attached hydrogen (secondary N) is 1. The van der Waals surface area contributed by atoms with E-state index >= 15 is 0 Å². The van der Waals surface area contributed by atoms with Gasteiger partial charge in [0.2, 0.25) is 5.91 Å². The van der Waals surface area contributed by atoms with Crippen molar-refractivity contribution in [2.24, 2.45) is 5.92 Å². The maximum atomic E-state index is 11.7. The molecule has 2 atom stereocenters. The van der Waals surface area contributed by atoms with Crippen LogP contribution in [0, 0.1) is 5.92 Å². The first-order valence-electron chi connectivity index (χ1n) is 7.07. The maximum absolute atomic E-state index is 11.7. The predicted molar refractivity (Wildman–Crippen MR) is 82.9 cm³/mol. The fraction of sp³-hybridized carbons (Fsp3) is 0.533. The number of ether oxygens (including phenoxy) is 1. The molecule has 0 spiro atoms. The Bertz CT molecular complexity index is 496. The van der Waals surface area contributed by atoms with Gasteiger partial charge in [-0.25, -0.2) is 0 Å². The number of hydrogen-bond donors (Lipinski definition) is 2. The summed E-state index contributed by atoms with van der Waals surface area (Å²) in [6.07, 6.45) is 2.67. The van der Waals surface area contributed by atoms with E-state index in [1.165, 1.54) is 0 Å². The number of benzene rings is 1. The average Bonchev–Trinajstić information content (AvgIpc) is 2.86. The monoisotopic (exact) mass is 331 g/mol. The number of amides is 1. The van der Waals surface area contributed by atoms with E-state index in [2.05, 4.69) is 5.32 Å². The highest BCUT2D eigenvalue weighted by molar-refractivity contribution is 6.42. The topological polar surface area (TPSA) is 58.6 Å². The van der Waals surface area contributed by atoms with Crippen LogP contribution in [0.5, 0.6) is 5.75 Å². The molecular weight excluding hydrogens is 313 g/mol. The van der Waals surface area contributed by atoms with Crippen LogP contribution in [0.15, 0.2) is 18.2 Å². The second kappa shape index (κ2) is 7.87. The van der Waals surface area contributed by atoms with Gasteiger partial charge in [0.25, 0.3) is 0 Å². The van der Waals surface area contributed by atoms with E-state index < -0.39 is 0 Å². The first-order valence-corrected chi connectivity index (χ1v) is 7.83. The number of carbonyl (C=O) groups excluding carboxylic acids is 1. The first-order chi connectivity index (χ1) is 10.0. The summed E-state index contributed by atoms with van der Waals surface area (Å²) in [4.78, 5) is 11.7. The Morgan fingerprint density at radius 1 is 1.33 bits per heavy atom. The highest BCUT2D eigenvalue weighted by atomic mass is 35.5. The summed E-state index contributed by atoms with van der Waals surface area (Å²) < 4.78 is 5.46. The fourth-order valence-electron chi connectivity index (χ4n) is 2.41. The summed E-state index contributed by atoms with van der Waals surface area (Å²) >= 11 is 11.7. The van der Waals surface area contributed by atoms with Crippen LogP contribution >= 0.6 is 23.2 Å². The maximum Gasteiger partial charge on any atom is 0.223 e. The lowest BCUT2D eigenvalue weighted by Crippen LogP contribution is -2.29. The molecule has 1 aromatic carbocycles. The minimum Gasteiger partial charge on any atom is -0.493 e. The number of aliphatic hydroxyl groups is 1. The van der Waals surface area contributed by atoms with E-state index in [1.54, 1.807) is 18.2 Å². The third-order valence-electron chi connectivity index (χ3n) is 3.59. The molecule has 6 heteroatoms. The molecule has 0 heterocycles. The zero-order valence-corrected chi connectivity index (χ0v) is 13.2. The molecule has 1 aliphatic carbocycles. The number of rotatable bonds is 6. The number of halogens is 2. The largest absolute Gasteiger partial charge is 0.493 e. The number of aliphatic hydroxyl groups excluding tert-OH is 1. The molecule has 1 saturated carbocycles. The minimum absolute atomic E-state index is 0.0450. The van der Waals surface area contributed by atoms with Crippen molar-refractivity contribution in [2.75, 3.05) is 13.2 Å². The van der Waals surface area contributed by atoms with E-state index in [-0.39, 0.29) is 25.0 Å². The SMILES string of the molecule is O=C(CCOc1ccc(Cl)c(Cl)c1)NCC1CCC(O)C1. The van der Waals surface area contributed by atoms with E-state index in [1.807, 2.05) is 0 Å². The smallest absolute Gasteiger partial charge is 0.223 e. The van der Waals surface area contributed by atoms with Crippen molar-refractivity contribution < 1.29 is 14.6 Å². The zero-order chi connectivity index (χ0) is 15.2. The lowest BCUT2D eigenvalue weighted by atomic mass is 10.1. The van der Waals surface area contributed by atoms with Gasteiger partial charge < -0.3 is 15.2 Å². The van der Waals surface area contributed by atoms with Crippen LogP contribution in [-0.4, -0.2) is 30.3 Å². The van der Waals surface area contributed by atoms with Crippen molar-refractivity contribution in [3.8, 4) is 5.75 Å². The Hall–Kier alpha value is -0.970. The molecule has 2 rings (SSSR count). The molecule has 0 radical (unpaired) electrons. The molecule has 2 N–H and O–H groups in total. The van der Waals surface area contributed by atoms with E-state index in [4.69, 9.17) is 27.9 Å². The van der Waals surface area contributed by atoms with Crippen molar-refractivity contribution in [3.63, 3.8) is 0 Å². The lowest BCUT2D eigenvalue weighted by Gasteiger charge is -2.11. The van der Waals surface area contributed by atoms with Crippen LogP contribution < -0.4 is 10.1 Å². The molecule has 0 saturated heterocycles. The summed E-state index contributed by atoms with van der Waals surface area (Å²) in [6.45, 7) is 0.916. The predicted octanol–water partition coefficient (Wildman–Crippen LogP) is 3.04. The van der Waals surface area contributed by atoms with Crippen LogP contribution in [0.3, 0.4) is 0 Å². The second-order valence-electron chi connectivity index (χ2n) is 5.31. The van der Waals surface area contributed by atoms with Crippen molar-refractivity contribution in [1.82, 2.24) is 5.32 Å². The van der Waals surface area contributed by atoms with Crippen molar-refractivity contribution in [1.29, 1.82) is 0 Å². The number of hydrogen-bond acceptors (Lipinski definition) is 3. The summed E-state index contributed by atoms with van der Waals surface area (Å²) in [5.41, 5.74) is 0. The van der Waals surface area contributed by atoms with Gasteiger partial charge in [0.05, 0.1) is 29.2 Å². The summed E-state index contributed by atoms with van der Waals surface area (Å²) in [6, 6.07) is 5.00. The van der Waals surface area contributed by atoms with Gasteiger partial charge in [0.1, 0.15) is 5.75 Å². The van der Waals surface area contributed by atoms with Gasteiger partial charge in [-0.15, -0.1) is 0 Å². The summed E-state index contributed by atoms with van der Waals surface area (Å²) in [5, 5.41) is 13.2. The Balaban J connectivity index is 1.63. The molecule has 0 aliphatic heterocycles. The zero-order valence-electron chi connectivity index (χ0n) is 11.6. The van der Waals surface area contributed by atoms with Crippen molar-refractivity contribution in [2.45, 2.75) is 31.8 Å². The molecule has 0 bridgehead atoms. The van der Waals surface area contributed by atoms with E-state index in [0.717, 1.165) is 19.3 Å². The van der Waals surface area contributed by atoms with Crippen LogP contribution in [0.1, 0.15) is 25.7 Å². The Morgan fingerprint density at radius 3 is 2.81 bits per heavy atom. The van der Waals surface area contributed by atoms with Gasteiger partial charge in [0, 0.05) is 12.6 Å². The van der Waals surface area contributed by atoms with E-state index in [0.29, 0.717) is 28.3 Å². The molecule has 1 fully saturated rings. The fourth-order valence-corrected chi connectivity index (χ4v) is 2.70. The highest BCUT2D eigenvalue weighted by Crippen LogP contribution is 2.26. The van der Waals surface area contributed by atoms with E-state index in [9.17, 15) is 9.90 Å². The van der Waals surface area contributed by atoms with Gasteiger partial charge in [0.15, 0.2) is 0 Å². The highest BCUT2D eigenvalue weighted by Gasteiger charge is 2.22. The molecule has 4 nitrogen and oxygen atoms in total. The van der Waals surface area contributed by atoms with Gasteiger partial charge >= 0.3 is 0 Å². The third kappa shape index (κ3) is 5.38. The van der Waals surface area contributed by atoms with Crippen LogP contribution in [-0.2, 0) is 4.79 Å². The van der Waals surface area contributed by atoms with Crippen LogP contribution in [0.4, 0.5) is 0 Å². The van der Waals surface area contributed by atoms with Crippen LogP contribution in [0.2, 0.25) is 10.0 Å². The summed E-state index contributed by atoms with van der Waals surface area (Å²) in [5.74, 6) is 0.938. The Labute approximate surface area is 134 Å². The second-order valence-corrected chi connectivity index (χ2v) is 6.13. The normalized spacial score (nSPS) is 21.3. The van der Waals surface area contributed by atoms with Gasteiger partial charge in [-0.3, -0.25) is 4.79 Å². The quantitative estimate of drug-likeness (QED) is 0.842. The molecule has 1 amide bonds. The Kier molecular flexibility index (Phi) is 6.15. The molecule has 1 aromatic rings. The van der Waals surface area contributed by atoms with Gasteiger partial charge in [-0.2, -0.15) is 0 Å². The molecule has 1 aliphatic rings. The minimum atomic E-state index is -0.204. The number of carbonyl (C=O) groups is 1. The average molecular weight is 332 g/mol. The standard InChI is InChI=1S/C15H19Cl2NO3/c16-13-4-3-12(8-14(13)17)21-6-5-15(20)18-9-10-1-2-11(19)7-10/h3-4,8,10-11,19H,1-2,5-7,9H2,(H,18,20). The molecule has 2 unspecified atom stereocenters. The van der Waals surface area contributed by atoms with Crippen LogP contribution in [0.25, 0.3) is 0 Å². The van der Waals surface area contributed by atoms with Crippen molar-refractivity contribution in [3.05, 3.63) is 28.2 Å². The molecule has 116 valence electrons. The van der Waals surface area contributed by atoms with Gasteiger partial charge in [-0.1, -0.05) is 23.2 Å². The van der Waals surface area contributed by atoms with Crippen molar-refractivity contribution >= 4 is 29.1 Å². The van der Waals surface area contributed by atoms with Gasteiger partial charge in [-0.05, 0) is 37.3 Å². The lowest BCUT2D eigenvalue weighted by molar-refractivity contribution is -0.121. The third-order valence-corrected chi connectivity index (χ3v) is 4.33. The molecule has 0 aromatic heterocycles. The first kappa shape index (κ1) is 16.4.